The molecule has 52 valence electrons. The van der Waals surface area contributed by atoms with Gasteiger partial charge in [0.1, 0.15) is 0 Å². The van der Waals surface area contributed by atoms with Crippen LogP contribution in [-0.4, -0.2) is 3.59 Å². The Balaban J connectivity index is 3.70. The van der Waals surface area contributed by atoms with E-state index < -0.39 is 0 Å². The van der Waals surface area contributed by atoms with Crippen molar-refractivity contribution in [3.63, 3.8) is 0 Å². The van der Waals surface area contributed by atoms with Gasteiger partial charge in [-0.05, 0) is 0 Å². The monoisotopic (exact) mass is 201 g/mol. The lowest BCUT2D eigenvalue weighted by molar-refractivity contribution is 1.13. The van der Waals surface area contributed by atoms with Gasteiger partial charge in [0, 0.05) is 12.1 Å². The van der Waals surface area contributed by atoms with E-state index >= 15 is 0 Å². The molecule has 0 atom stereocenters. The second-order valence-corrected chi connectivity index (χ2v) is 2.38. The van der Waals surface area contributed by atoms with Gasteiger partial charge in [-0.25, -0.2) is 3.59 Å². The van der Waals surface area contributed by atoms with Crippen LogP contribution in [-0.2, 0) is 0 Å². The van der Waals surface area contributed by atoms with Gasteiger partial charge in [-0.3, -0.25) is 9.59 Å². The lowest BCUT2D eigenvalue weighted by atomic mass is 10.5. The predicted octanol–water partition coefficient (Wildman–Crippen LogP) is 0.366. The molecule has 10 heavy (non-hydrogen) atoms. The van der Waals surface area contributed by atoms with Gasteiger partial charge in [0.15, 0.2) is 0 Å². The number of halogens is 1. The quantitative estimate of drug-likeness (QED) is 0.609. The maximum Gasteiger partial charge on any atom is 0.263 e. The van der Waals surface area contributed by atoms with Crippen LogP contribution in [0.15, 0.2) is 33.9 Å². The topological polar surface area (TPSA) is 39.1 Å². The van der Waals surface area contributed by atoms with Crippen LogP contribution in [0.25, 0.3) is 0 Å². The van der Waals surface area contributed by atoms with Gasteiger partial charge < -0.3 is 0 Å². The highest BCUT2D eigenvalue weighted by Gasteiger charge is 1.89. The van der Waals surface area contributed by atoms with Gasteiger partial charge in [0.2, 0.25) is 0 Å². The normalized spacial score (nSPS) is 9.30. The molecule has 0 saturated heterocycles. The molecule has 0 radical (unpaired) electrons. The second kappa shape index (κ2) is 2.79. The lowest BCUT2D eigenvalue weighted by Gasteiger charge is -1.79. The summed E-state index contributed by atoms with van der Waals surface area (Å²) in [5.74, 6) is 0. The number of aromatic nitrogens is 1. The fourth-order valence-electron chi connectivity index (χ4n) is 0.515. The van der Waals surface area contributed by atoms with Gasteiger partial charge in [0.25, 0.3) is 11.1 Å². The summed E-state index contributed by atoms with van der Waals surface area (Å²) < 4.78 is 0.868. The Kier molecular flexibility index (Phi) is 2.01. The average molecular weight is 202 g/mol. The highest BCUT2D eigenvalue weighted by atomic mass is 79.9. The van der Waals surface area contributed by atoms with Crippen LogP contribution >= 0.6 is 16.1 Å². The Hall–Kier alpha value is -0.900. The van der Waals surface area contributed by atoms with E-state index in [2.05, 4.69) is 16.1 Å². The van der Waals surface area contributed by atoms with E-state index in [4.69, 9.17) is 0 Å². The molecule has 1 aromatic heterocycles. The molecule has 0 unspecified atom stereocenters. The SMILES string of the molecule is O=c1ccccc(=O)n1Br. The zero-order valence-electron chi connectivity index (χ0n) is 4.95. The highest BCUT2D eigenvalue weighted by Crippen LogP contribution is 1.76. The van der Waals surface area contributed by atoms with Gasteiger partial charge >= 0.3 is 0 Å². The molecule has 1 heterocycles. The molecule has 0 amide bonds. The van der Waals surface area contributed by atoms with Crippen LogP contribution in [0.1, 0.15) is 0 Å². The van der Waals surface area contributed by atoms with Crippen molar-refractivity contribution in [1.82, 2.24) is 3.59 Å². The lowest BCUT2D eigenvalue weighted by Crippen LogP contribution is -2.20. The number of hydrogen-bond donors (Lipinski definition) is 0. The first-order valence-electron chi connectivity index (χ1n) is 2.60. The maximum absolute atomic E-state index is 10.8. The summed E-state index contributed by atoms with van der Waals surface area (Å²) in [5.41, 5.74) is -0.731. The molecule has 0 bridgehead atoms. The Morgan fingerprint density at radius 3 is 1.90 bits per heavy atom. The average Bonchev–Trinajstić information content (AvgIpc) is 2.04. The zero-order chi connectivity index (χ0) is 7.56. The predicted molar refractivity (Wildman–Crippen MR) is 41.3 cm³/mol. The van der Waals surface area contributed by atoms with Crippen LogP contribution in [0.2, 0.25) is 0 Å². The highest BCUT2D eigenvalue weighted by molar-refractivity contribution is 9.08. The van der Waals surface area contributed by atoms with E-state index in [0.717, 1.165) is 3.59 Å². The summed E-state index contributed by atoms with van der Waals surface area (Å²) >= 11 is 2.80. The van der Waals surface area contributed by atoms with E-state index in [0.29, 0.717) is 0 Å². The molecule has 1 rings (SSSR count). The Morgan fingerprint density at radius 2 is 1.50 bits per heavy atom. The third-order valence-corrected chi connectivity index (χ3v) is 1.67. The molecule has 0 aliphatic rings. The van der Waals surface area contributed by atoms with Gasteiger partial charge in [-0.2, -0.15) is 0 Å². The fraction of sp³-hybridized carbons (Fsp3) is 0. The van der Waals surface area contributed by atoms with E-state index in [1.54, 1.807) is 0 Å². The van der Waals surface area contributed by atoms with Crippen LogP contribution in [0.5, 0.6) is 0 Å². The summed E-state index contributed by atoms with van der Waals surface area (Å²) in [6.07, 6.45) is 0. The third-order valence-electron chi connectivity index (χ3n) is 0.976. The Labute approximate surface area is 65.3 Å². The van der Waals surface area contributed by atoms with Gasteiger partial charge in [0.05, 0.1) is 16.1 Å². The Morgan fingerprint density at radius 1 is 1.10 bits per heavy atom. The minimum absolute atomic E-state index is 0.366. The molecular formula is C6H4BrNO2. The van der Waals surface area contributed by atoms with Crippen LogP contribution in [0.4, 0.5) is 0 Å². The summed E-state index contributed by atoms with van der Waals surface area (Å²) in [6, 6.07) is 5.63. The molecule has 0 aliphatic heterocycles. The van der Waals surface area contributed by atoms with Crippen molar-refractivity contribution in [2.75, 3.05) is 0 Å². The van der Waals surface area contributed by atoms with Crippen LogP contribution < -0.4 is 11.1 Å². The molecule has 1 aromatic rings. The molecule has 0 spiro atoms. The zero-order valence-corrected chi connectivity index (χ0v) is 6.54. The van der Waals surface area contributed by atoms with Crippen molar-refractivity contribution in [3.05, 3.63) is 45.0 Å². The first kappa shape index (κ1) is 7.21. The molecule has 0 N–H and O–H groups in total. The molecule has 3 nitrogen and oxygen atoms in total. The smallest absolute Gasteiger partial charge is 0.263 e. The molecule has 0 saturated carbocycles. The molecule has 4 heteroatoms. The summed E-state index contributed by atoms with van der Waals surface area (Å²) in [4.78, 5) is 21.5. The van der Waals surface area contributed by atoms with Crippen molar-refractivity contribution >= 4 is 16.1 Å². The van der Waals surface area contributed by atoms with Crippen LogP contribution in [0.3, 0.4) is 0 Å². The molecular weight excluding hydrogens is 198 g/mol. The van der Waals surface area contributed by atoms with E-state index in [9.17, 15) is 9.59 Å². The first-order valence-corrected chi connectivity index (χ1v) is 3.31. The van der Waals surface area contributed by atoms with E-state index in [-0.39, 0.29) is 11.1 Å². The molecule has 0 aliphatic carbocycles. The summed E-state index contributed by atoms with van der Waals surface area (Å²) in [7, 11) is 0. The first-order chi connectivity index (χ1) is 4.72. The summed E-state index contributed by atoms with van der Waals surface area (Å²) in [5, 5.41) is 0. The van der Waals surface area contributed by atoms with Crippen molar-refractivity contribution < 1.29 is 0 Å². The van der Waals surface area contributed by atoms with Gasteiger partial charge in [-0.1, -0.05) is 12.1 Å². The maximum atomic E-state index is 10.8. The minimum atomic E-state index is -0.366. The molecule has 0 fully saturated rings. The number of hydrogen-bond acceptors (Lipinski definition) is 2. The van der Waals surface area contributed by atoms with Crippen molar-refractivity contribution in [1.29, 1.82) is 0 Å². The van der Waals surface area contributed by atoms with Gasteiger partial charge in [-0.15, -0.1) is 0 Å². The minimum Gasteiger partial charge on any atom is -0.268 e. The van der Waals surface area contributed by atoms with E-state index in [1.165, 1.54) is 24.3 Å². The number of rotatable bonds is 0. The van der Waals surface area contributed by atoms with Crippen molar-refractivity contribution in [3.8, 4) is 0 Å². The largest absolute Gasteiger partial charge is 0.268 e. The third kappa shape index (κ3) is 1.33. The van der Waals surface area contributed by atoms with Crippen molar-refractivity contribution in [2.45, 2.75) is 0 Å². The second-order valence-electron chi connectivity index (χ2n) is 1.68. The Bertz CT molecular complexity index is 311. The fourth-order valence-corrected chi connectivity index (χ4v) is 0.752. The van der Waals surface area contributed by atoms with Crippen molar-refractivity contribution in [2.24, 2.45) is 0 Å². The standard InChI is InChI=1S/C6H4BrNO2/c7-8-5(9)3-1-2-4-6(8)10/h1-4H. The summed E-state index contributed by atoms with van der Waals surface area (Å²) in [6.45, 7) is 0. The van der Waals surface area contributed by atoms with Crippen LogP contribution in [0, 0.1) is 0 Å². The van der Waals surface area contributed by atoms with E-state index in [1.807, 2.05) is 0 Å². The molecule has 0 aromatic carbocycles. The number of nitrogens with zero attached hydrogens (tertiary/aromatic N) is 1.